The van der Waals surface area contributed by atoms with E-state index in [2.05, 4.69) is 14.9 Å². The Morgan fingerprint density at radius 3 is 2.81 bits per heavy atom. The summed E-state index contributed by atoms with van der Waals surface area (Å²) < 4.78 is 18.5. The number of carbonyl (C=O) groups is 1. The minimum atomic E-state index is -0.618. The van der Waals surface area contributed by atoms with Gasteiger partial charge in [-0.05, 0) is 45.0 Å². The summed E-state index contributed by atoms with van der Waals surface area (Å²) in [7, 11) is 1.36. The number of ether oxygens (including phenoxy) is 1. The zero-order valence-corrected chi connectivity index (χ0v) is 15.8. The molecule has 144 valence electrons. The van der Waals surface area contributed by atoms with Gasteiger partial charge < -0.3 is 14.5 Å². The molecular formula is C20H25FN4O2. The van der Waals surface area contributed by atoms with Crippen LogP contribution in [0.5, 0.6) is 5.88 Å². The lowest BCUT2D eigenvalue weighted by atomic mass is 10.1. The third kappa shape index (κ3) is 4.60. The van der Waals surface area contributed by atoms with Crippen LogP contribution in [0, 0.1) is 5.82 Å². The predicted octanol–water partition coefficient (Wildman–Crippen LogP) is 2.85. The lowest BCUT2D eigenvalue weighted by Gasteiger charge is -2.24. The van der Waals surface area contributed by atoms with Gasteiger partial charge in [0.25, 0.3) is 11.8 Å². The average molecular weight is 372 g/mol. The highest BCUT2D eigenvalue weighted by atomic mass is 19.1. The van der Waals surface area contributed by atoms with Crippen LogP contribution in [0.2, 0.25) is 0 Å². The number of hydrogen-bond donors (Lipinski definition) is 0. The van der Waals surface area contributed by atoms with Crippen LogP contribution in [-0.2, 0) is 0 Å². The normalized spacial score (nSPS) is 14.3. The van der Waals surface area contributed by atoms with Crippen molar-refractivity contribution in [3.8, 4) is 17.3 Å². The fourth-order valence-electron chi connectivity index (χ4n) is 3.28. The first-order valence-corrected chi connectivity index (χ1v) is 9.31. The summed E-state index contributed by atoms with van der Waals surface area (Å²) in [5.74, 6) is -0.430. The Hall–Kier alpha value is -2.54. The molecule has 2 heterocycles. The third-order valence-corrected chi connectivity index (χ3v) is 4.83. The maximum absolute atomic E-state index is 13.5. The molecule has 0 spiro atoms. The van der Waals surface area contributed by atoms with Gasteiger partial charge in [-0.15, -0.1) is 0 Å². The van der Waals surface area contributed by atoms with E-state index in [0.29, 0.717) is 30.0 Å². The van der Waals surface area contributed by atoms with Gasteiger partial charge in [0, 0.05) is 30.8 Å². The molecule has 1 aromatic carbocycles. The number of nitrogens with zero attached hydrogens (tertiary/aromatic N) is 4. The van der Waals surface area contributed by atoms with Crippen LogP contribution in [0.15, 0.2) is 30.5 Å². The molecule has 1 aliphatic heterocycles. The molecule has 0 saturated carbocycles. The number of likely N-dealkylation sites (tertiary alicyclic amines) is 1. The van der Waals surface area contributed by atoms with E-state index < -0.39 is 5.82 Å². The molecule has 6 nitrogen and oxygen atoms in total. The minimum absolute atomic E-state index is 0.0207. The van der Waals surface area contributed by atoms with Crippen LogP contribution in [0.3, 0.4) is 0 Å². The Kier molecular flexibility index (Phi) is 6.34. The van der Waals surface area contributed by atoms with Crippen LogP contribution in [0.4, 0.5) is 4.39 Å². The summed E-state index contributed by atoms with van der Waals surface area (Å²) >= 11 is 0. The van der Waals surface area contributed by atoms with E-state index in [4.69, 9.17) is 4.74 Å². The minimum Gasteiger partial charge on any atom is -0.479 e. The lowest BCUT2D eigenvalue weighted by Crippen LogP contribution is -2.37. The Morgan fingerprint density at radius 2 is 2.11 bits per heavy atom. The average Bonchev–Trinajstić information content (AvgIpc) is 3.22. The third-order valence-electron chi connectivity index (χ3n) is 4.83. The number of methoxy groups -OCH3 is 1. The van der Waals surface area contributed by atoms with Crippen molar-refractivity contribution in [1.29, 1.82) is 0 Å². The van der Waals surface area contributed by atoms with Gasteiger partial charge in [0.05, 0.1) is 13.3 Å². The van der Waals surface area contributed by atoms with Crippen molar-refractivity contribution in [3.05, 3.63) is 41.8 Å². The number of benzene rings is 1. The van der Waals surface area contributed by atoms with Crippen LogP contribution in [-0.4, -0.2) is 65.5 Å². The first-order valence-electron chi connectivity index (χ1n) is 9.31. The van der Waals surface area contributed by atoms with Gasteiger partial charge in [-0.3, -0.25) is 4.79 Å². The van der Waals surface area contributed by atoms with Crippen molar-refractivity contribution >= 4 is 5.91 Å². The topological polar surface area (TPSA) is 58.6 Å². The first kappa shape index (κ1) is 19.2. The molecule has 0 aliphatic carbocycles. The second kappa shape index (κ2) is 8.90. The van der Waals surface area contributed by atoms with Gasteiger partial charge in [-0.1, -0.05) is 12.1 Å². The van der Waals surface area contributed by atoms with Crippen molar-refractivity contribution in [2.24, 2.45) is 0 Å². The monoisotopic (exact) mass is 372 g/mol. The van der Waals surface area contributed by atoms with E-state index in [1.54, 1.807) is 24.3 Å². The summed E-state index contributed by atoms with van der Waals surface area (Å²) in [4.78, 5) is 25.3. The van der Waals surface area contributed by atoms with Crippen molar-refractivity contribution in [3.63, 3.8) is 0 Å². The van der Waals surface area contributed by atoms with Gasteiger partial charge in [0.15, 0.2) is 5.82 Å². The number of rotatable bonds is 7. The van der Waals surface area contributed by atoms with E-state index in [9.17, 15) is 9.18 Å². The maximum Gasteiger partial charge on any atom is 0.253 e. The van der Waals surface area contributed by atoms with Gasteiger partial charge in [-0.25, -0.2) is 4.98 Å². The summed E-state index contributed by atoms with van der Waals surface area (Å²) in [5.41, 5.74) is 1.22. The van der Waals surface area contributed by atoms with Crippen LogP contribution in [0.1, 0.15) is 30.1 Å². The van der Waals surface area contributed by atoms with E-state index in [0.717, 1.165) is 25.8 Å². The smallest absolute Gasteiger partial charge is 0.253 e. The van der Waals surface area contributed by atoms with Crippen LogP contribution >= 0.6 is 0 Å². The Bertz CT molecular complexity index is 793. The molecule has 0 N–H and O–H groups in total. The molecule has 1 aromatic heterocycles. The quantitative estimate of drug-likeness (QED) is 0.748. The highest BCUT2D eigenvalue weighted by molar-refractivity contribution is 5.95. The number of carbonyl (C=O) groups excluding carboxylic acids is 1. The molecule has 2 aromatic rings. The van der Waals surface area contributed by atoms with E-state index >= 15 is 0 Å². The second-order valence-electron chi connectivity index (χ2n) is 6.57. The highest BCUT2D eigenvalue weighted by Crippen LogP contribution is 2.21. The standard InChI is InChI=1S/C20H25FN4O2/c1-3-25(12-11-24-9-4-5-10-24)20(26)16-8-6-7-15(13-16)18-22-14-17(21)19(23-18)27-2/h6-8,13-14H,3-5,9-12H2,1-2H3. The molecule has 1 amide bonds. The number of halogens is 1. The molecular weight excluding hydrogens is 347 g/mol. The first-order chi connectivity index (χ1) is 13.1. The molecule has 0 atom stereocenters. The molecule has 1 fully saturated rings. The molecule has 0 unspecified atom stereocenters. The zero-order chi connectivity index (χ0) is 19.2. The summed E-state index contributed by atoms with van der Waals surface area (Å²) in [6.45, 7) is 6.48. The number of likely N-dealkylation sites (N-methyl/N-ethyl adjacent to an activating group) is 1. The molecule has 1 aliphatic rings. The van der Waals surface area contributed by atoms with Crippen LogP contribution < -0.4 is 4.74 Å². The molecule has 27 heavy (non-hydrogen) atoms. The van der Waals surface area contributed by atoms with Crippen molar-refractivity contribution in [1.82, 2.24) is 19.8 Å². The Morgan fingerprint density at radius 1 is 1.33 bits per heavy atom. The molecule has 7 heteroatoms. The van der Waals surface area contributed by atoms with Gasteiger partial charge in [-0.2, -0.15) is 9.37 Å². The molecule has 0 bridgehead atoms. The fourth-order valence-corrected chi connectivity index (χ4v) is 3.28. The van der Waals surface area contributed by atoms with Crippen molar-refractivity contribution < 1.29 is 13.9 Å². The number of amides is 1. The van der Waals surface area contributed by atoms with Crippen molar-refractivity contribution in [2.45, 2.75) is 19.8 Å². The summed E-state index contributed by atoms with van der Waals surface area (Å²) in [6, 6.07) is 7.11. The Labute approximate surface area is 159 Å². The molecule has 3 rings (SSSR count). The zero-order valence-electron chi connectivity index (χ0n) is 15.8. The maximum atomic E-state index is 13.5. The SMILES string of the molecule is CCN(CCN1CCCC1)C(=O)c1cccc(-c2ncc(F)c(OC)n2)c1. The fraction of sp³-hybridized carbons (Fsp3) is 0.450. The predicted molar refractivity (Wildman–Crippen MR) is 101 cm³/mol. The largest absolute Gasteiger partial charge is 0.479 e. The lowest BCUT2D eigenvalue weighted by molar-refractivity contribution is 0.0749. The molecule has 0 radical (unpaired) electrons. The van der Waals surface area contributed by atoms with Crippen LogP contribution in [0.25, 0.3) is 11.4 Å². The van der Waals surface area contributed by atoms with E-state index in [1.807, 2.05) is 11.8 Å². The molecule has 1 saturated heterocycles. The van der Waals surface area contributed by atoms with Crippen molar-refractivity contribution in [2.75, 3.05) is 39.8 Å². The Balaban J connectivity index is 1.75. The van der Waals surface area contributed by atoms with Gasteiger partial charge in [0.2, 0.25) is 5.82 Å². The summed E-state index contributed by atoms with van der Waals surface area (Å²) in [6.07, 6.45) is 3.55. The second-order valence-corrected chi connectivity index (χ2v) is 6.57. The van der Waals surface area contributed by atoms with E-state index in [-0.39, 0.29) is 11.8 Å². The van der Waals surface area contributed by atoms with E-state index in [1.165, 1.54) is 20.0 Å². The van der Waals surface area contributed by atoms with Gasteiger partial charge in [0.1, 0.15) is 0 Å². The van der Waals surface area contributed by atoms with Gasteiger partial charge >= 0.3 is 0 Å². The highest BCUT2D eigenvalue weighted by Gasteiger charge is 2.18. The summed E-state index contributed by atoms with van der Waals surface area (Å²) in [5, 5.41) is 0. The number of aromatic nitrogens is 2. The number of hydrogen-bond acceptors (Lipinski definition) is 5.